The standard InChI is InChI=1S/C26H33N5O4/c1-4-16(2)17-11-20(22-13-27-15-35-22)24-21(12-17)29(3)25(28-24)26(34)30-9-10-31(23(33)14-30)18-5-7-19(32)8-6-18/h11-13,15-16,18-19,32H,4-10,14H2,1-3H3. The second kappa shape index (κ2) is 9.45. The third-order valence-corrected chi connectivity index (χ3v) is 7.73. The molecule has 2 fully saturated rings. The Labute approximate surface area is 204 Å². The Morgan fingerprint density at radius 3 is 2.66 bits per heavy atom. The number of aliphatic hydroxyl groups is 1. The molecule has 1 atom stereocenters. The Kier molecular flexibility index (Phi) is 6.35. The fourth-order valence-corrected chi connectivity index (χ4v) is 5.31. The number of benzene rings is 1. The van der Waals surface area contributed by atoms with Gasteiger partial charge in [-0.2, -0.15) is 0 Å². The number of imidazole rings is 1. The monoisotopic (exact) mass is 479 g/mol. The first kappa shape index (κ1) is 23.5. The zero-order valence-corrected chi connectivity index (χ0v) is 20.6. The van der Waals surface area contributed by atoms with E-state index in [0.717, 1.165) is 48.7 Å². The number of oxazole rings is 1. The van der Waals surface area contributed by atoms with Crippen molar-refractivity contribution in [2.24, 2.45) is 7.05 Å². The van der Waals surface area contributed by atoms with Gasteiger partial charge in [0, 0.05) is 31.7 Å². The molecule has 3 aromatic rings. The lowest BCUT2D eigenvalue weighted by atomic mass is 9.91. The minimum atomic E-state index is -0.260. The van der Waals surface area contributed by atoms with Gasteiger partial charge in [0.15, 0.2) is 18.0 Å². The molecule has 2 amide bonds. The Morgan fingerprint density at radius 2 is 2.00 bits per heavy atom. The van der Waals surface area contributed by atoms with Gasteiger partial charge in [-0.15, -0.1) is 0 Å². The van der Waals surface area contributed by atoms with Gasteiger partial charge in [-0.25, -0.2) is 9.97 Å². The maximum Gasteiger partial charge on any atom is 0.290 e. The van der Waals surface area contributed by atoms with Gasteiger partial charge >= 0.3 is 0 Å². The first-order valence-corrected chi connectivity index (χ1v) is 12.5. The van der Waals surface area contributed by atoms with Crippen molar-refractivity contribution in [2.75, 3.05) is 19.6 Å². The molecule has 2 aromatic heterocycles. The zero-order chi connectivity index (χ0) is 24.7. The minimum Gasteiger partial charge on any atom is -0.443 e. The van der Waals surface area contributed by atoms with Crippen molar-refractivity contribution in [3.8, 4) is 11.3 Å². The first-order chi connectivity index (χ1) is 16.9. The number of fused-ring (bicyclic) bond motifs is 1. The first-order valence-electron chi connectivity index (χ1n) is 12.5. The Morgan fingerprint density at radius 1 is 1.23 bits per heavy atom. The molecule has 186 valence electrons. The number of carbonyl (C=O) groups excluding carboxylic acids is 2. The van der Waals surface area contributed by atoms with Crippen molar-refractivity contribution in [2.45, 2.75) is 64.0 Å². The van der Waals surface area contributed by atoms with E-state index >= 15 is 0 Å². The van der Waals surface area contributed by atoms with Gasteiger partial charge in [0.25, 0.3) is 5.91 Å². The minimum absolute atomic E-state index is 0.0360. The van der Waals surface area contributed by atoms with Crippen LogP contribution in [0.5, 0.6) is 0 Å². The fraction of sp³-hybridized carbons (Fsp3) is 0.538. The molecule has 9 heteroatoms. The van der Waals surface area contributed by atoms with Gasteiger partial charge < -0.3 is 23.9 Å². The molecule has 1 saturated heterocycles. The summed E-state index contributed by atoms with van der Waals surface area (Å²) >= 11 is 0. The van der Waals surface area contributed by atoms with Gasteiger partial charge in [0.05, 0.1) is 17.8 Å². The average molecular weight is 480 g/mol. The lowest BCUT2D eigenvalue weighted by molar-refractivity contribution is -0.138. The third-order valence-electron chi connectivity index (χ3n) is 7.73. The van der Waals surface area contributed by atoms with Crippen LogP contribution in [0.2, 0.25) is 0 Å². The van der Waals surface area contributed by atoms with E-state index in [2.05, 4.69) is 31.0 Å². The van der Waals surface area contributed by atoms with Crippen LogP contribution >= 0.6 is 0 Å². The SMILES string of the molecule is CCC(C)c1cc(-c2cnco2)c2nc(C(=O)N3CCN(C4CCC(O)CC4)C(=O)C3)n(C)c2c1. The van der Waals surface area contributed by atoms with E-state index in [0.29, 0.717) is 36.1 Å². The van der Waals surface area contributed by atoms with Gasteiger partial charge in [-0.3, -0.25) is 9.59 Å². The third kappa shape index (κ3) is 4.33. The summed E-state index contributed by atoms with van der Waals surface area (Å²) in [5.74, 6) is 0.972. The van der Waals surface area contributed by atoms with Crippen molar-refractivity contribution in [1.29, 1.82) is 0 Å². The maximum atomic E-state index is 13.5. The molecule has 0 spiro atoms. The normalized spacial score (nSPS) is 22.1. The smallest absolute Gasteiger partial charge is 0.290 e. The second-order valence-corrected chi connectivity index (χ2v) is 9.88. The second-order valence-electron chi connectivity index (χ2n) is 9.88. The summed E-state index contributed by atoms with van der Waals surface area (Å²) in [4.78, 5) is 38.8. The van der Waals surface area contributed by atoms with Gasteiger partial charge in [-0.1, -0.05) is 13.8 Å². The van der Waals surface area contributed by atoms with E-state index in [1.165, 1.54) is 6.39 Å². The summed E-state index contributed by atoms with van der Waals surface area (Å²) in [6.07, 6.45) is 6.86. The predicted molar refractivity (Wildman–Crippen MR) is 131 cm³/mol. The van der Waals surface area contributed by atoms with Crippen LogP contribution in [0.3, 0.4) is 0 Å². The molecule has 0 radical (unpaired) electrons. The van der Waals surface area contributed by atoms with E-state index in [4.69, 9.17) is 9.40 Å². The van der Waals surface area contributed by atoms with Gasteiger partial charge in [0.2, 0.25) is 5.91 Å². The van der Waals surface area contributed by atoms with Crippen molar-refractivity contribution >= 4 is 22.8 Å². The summed E-state index contributed by atoms with van der Waals surface area (Å²) < 4.78 is 7.41. The van der Waals surface area contributed by atoms with E-state index in [1.807, 2.05) is 16.5 Å². The maximum absolute atomic E-state index is 13.5. The van der Waals surface area contributed by atoms with Crippen molar-refractivity contribution in [1.82, 2.24) is 24.3 Å². The Hall–Kier alpha value is -3.20. The van der Waals surface area contributed by atoms with E-state index < -0.39 is 0 Å². The predicted octanol–water partition coefficient (Wildman–Crippen LogP) is 3.33. The highest BCUT2D eigenvalue weighted by Crippen LogP contribution is 2.34. The Bertz CT molecular complexity index is 1230. The number of nitrogens with zero attached hydrogens (tertiary/aromatic N) is 5. The molecule has 9 nitrogen and oxygen atoms in total. The zero-order valence-electron chi connectivity index (χ0n) is 20.6. The lowest BCUT2D eigenvalue weighted by Gasteiger charge is -2.41. The summed E-state index contributed by atoms with van der Waals surface area (Å²) in [6.45, 7) is 5.35. The number of carbonyl (C=O) groups is 2. The largest absolute Gasteiger partial charge is 0.443 e. The van der Waals surface area contributed by atoms with E-state index in [1.54, 1.807) is 11.1 Å². The quantitative estimate of drug-likeness (QED) is 0.602. The summed E-state index contributed by atoms with van der Waals surface area (Å²) in [5.41, 5.74) is 3.49. The lowest BCUT2D eigenvalue weighted by Crippen LogP contribution is -2.56. The highest BCUT2D eigenvalue weighted by Gasteiger charge is 2.35. The van der Waals surface area contributed by atoms with Crippen LogP contribution in [0.1, 0.15) is 68.1 Å². The summed E-state index contributed by atoms with van der Waals surface area (Å²) in [5, 5.41) is 9.78. The fourth-order valence-electron chi connectivity index (χ4n) is 5.31. The molecule has 1 aromatic carbocycles. The molecular formula is C26H33N5O4. The van der Waals surface area contributed by atoms with Gasteiger partial charge in [0.1, 0.15) is 12.1 Å². The van der Waals surface area contributed by atoms with Crippen molar-refractivity contribution in [3.05, 3.63) is 36.1 Å². The number of aryl methyl sites for hydroxylation is 1. The summed E-state index contributed by atoms with van der Waals surface area (Å²) in [7, 11) is 1.85. The van der Waals surface area contributed by atoms with E-state index in [-0.39, 0.29) is 30.5 Å². The molecule has 1 unspecified atom stereocenters. The number of hydrogen-bond donors (Lipinski definition) is 1. The number of rotatable bonds is 5. The highest BCUT2D eigenvalue weighted by atomic mass is 16.3. The van der Waals surface area contributed by atoms with Crippen LogP contribution in [-0.4, -0.2) is 73.0 Å². The molecule has 5 rings (SSSR count). The van der Waals surface area contributed by atoms with Crippen LogP contribution in [0.4, 0.5) is 0 Å². The number of aliphatic hydroxyl groups excluding tert-OH is 1. The van der Waals surface area contributed by atoms with Crippen LogP contribution in [0, 0.1) is 0 Å². The Balaban J connectivity index is 1.43. The number of piperazine rings is 1. The van der Waals surface area contributed by atoms with Crippen LogP contribution in [-0.2, 0) is 11.8 Å². The van der Waals surface area contributed by atoms with Gasteiger partial charge in [-0.05, 0) is 55.7 Å². The van der Waals surface area contributed by atoms with Crippen LogP contribution < -0.4 is 0 Å². The highest BCUT2D eigenvalue weighted by molar-refractivity contribution is 6.00. The molecule has 1 aliphatic carbocycles. The number of aromatic nitrogens is 3. The topological polar surface area (TPSA) is 105 Å². The van der Waals surface area contributed by atoms with E-state index in [9.17, 15) is 14.7 Å². The van der Waals surface area contributed by atoms with Crippen LogP contribution in [0.25, 0.3) is 22.4 Å². The molecule has 2 aliphatic rings. The molecule has 35 heavy (non-hydrogen) atoms. The molecule has 3 heterocycles. The number of amides is 2. The molecule has 1 saturated carbocycles. The molecular weight excluding hydrogens is 446 g/mol. The average Bonchev–Trinajstić information content (AvgIpc) is 3.52. The molecule has 1 N–H and O–H groups in total. The number of hydrogen-bond acceptors (Lipinski definition) is 6. The molecule has 1 aliphatic heterocycles. The molecule has 0 bridgehead atoms. The summed E-state index contributed by atoms with van der Waals surface area (Å²) in [6, 6.07) is 4.32. The van der Waals surface area contributed by atoms with Crippen molar-refractivity contribution in [3.63, 3.8) is 0 Å². The van der Waals surface area contributed by atoms with Crippen LogP contribution in [0.15, 0.2) is 29.1 Å². The van der Waals surface area contributed by atoms with Crippen molar-refractivity contribution < 1.29 is 19.1 Å².